The molecule has 0 fully saturated rings. The van der Waals surface area contributed by atoms with Crippen LogP contribution in [0.2, 0.25) is 0 Å². The van der Waals surface area contributed by atoms with Gasteiger partial charge in [-0.15, -0.1) is 5.10 Å². The zero-order valence-electron chi connectivity index (χ0n) is 14.2. The van der Waals surface area contributed by atoms with Crippen LogP contribution in [0.4, 0.5) is 0 Å². The van der Waals surface area contributed by atoms with Crippen LogP contribution >= 0.6 is 0 Å². The molecule has 136 valence electrons. The maximum absolute atomic E-state index is 12.5. The van der Waals surface area contributed by atoms with Crippen molar-refractivity contribution in [2.45, 2.75) is 11.8 Å². The molecule has 4 aromatic rings. The summed E-state index contributed by atoms with van der Waals surface area (Å²) in [6.45, 7) is 1.97. The quantitative estimate of drug-likeness (QED) is 0.486. The Morgan fingerprint density at radius 3 is 2.26 bits per heavy atom. The highest BCUT2D eigenvalue weighted by atomic mass is 32.2. The first-order valence-electron chi connectivity index (χ1n) is 7.91. The van der Waals surface area contributed by atoms with Gasteiger partial charge < -0.3 is 4.18 Å². The highest BCUT2D eigenvalue weighted by molar-refractivity contribution is 7.87. The van der Waals surface area contributed by atoms with Crippen LogP contribution < -0.4 is 4.18 Å². The van der Waals surface area contributed by atoms with Gasteiger partial charge in [0.1, 0.15) is 17.0 Å². The first-order valence-corrected chi connectivity index (χ1v) is 9.32. The van der Waals surface area contributed by atoms with Crippen LogP contribution in [-0.4, -0.2) is 38.4 Å². The van der Waals surface area contributed by atoms with Gasteiger partial charge in [-0.1, -0.05) is 17.7 Å². The number of aryl methyl sites for hydroxylation is 1. The van der Waals surface area contributed by atoms with Crippen LogP contribution in [-0.2, 0) is 10.1 Å². The van der Waals surface area contributed by atoms with Gasteiger partial charge in [0.2, 0.25) is 0 Å². The van der Waals surface area contributed by atoms with E-state index in [1.165, 1.54) is 40.2 Å². The lowest BCUT2D eigenvalue weighted by atomic mass is 10.2. The number of rotatable bonds is 5. The third-order valence-corrected chi connectivity index (χ3v) is 5.00. The highest BCUT2D eigenvalue weighted by Gasteiger charge is 2.19. The summed E-state index contributed by atoms with van der Waals surface area (Å²) in [5.74, 6) is 0.176. The van der Waals surface area contributed by atoms with E-state index >= 15 is 0 Å². The van der Waals surface area contributed by atoms with Gasteiger partial charge in [0.15, 0.2) is 0 Å². The van der Waals surface area contributed by atoms with E-state index in [-0.39, 0.29) is 10.6 Å². The maximum Gasteiger partial charge on any atom is 0.342 e. The van der Waals surface area contributed by atoms with Crippen molar-refractivity contribution in [3.8, 4) is 17.1 Å². The molecule has 2 aromatic carbocycles. The fraction of sp³-hybridized carbons (Fsp3) is 0.0588. The lowest BCUT2D eigenvalue weighted by Crippen LogP contribution is -2.09. The number of benzene rings is 2. The lowest BCUT2D eigenvalue weighted by Gasteiger charge is -2.06. The molecule has 2 aromatic heterocycles. The molecule has 0 aliphatic heterocycles. The molecule has 27 heavy (non-hydrogen) atoms. The molecule has 0 bridgehead atoms. The van der Waals surface area contributed by atoms with E-state index in [4.69, 9.17) is 4.18 Å². The summed E-state index contributed by atoms with van der Waals surface area (Å²) < 4.78 is 33.1. The average Bonchev–Trinajstić information content (AvgIpc) is 3.35. The zero-order chi connectivity index (χ0) is 18.9. The van der Waals surface area contributed by atoms with E-state index < -0.39 is 10.1 Å². The van der Waals surface area contributed by atoms with Crippen molar-refractivity contribution in [2.24, 2.45) is 0 Å². The van der Waals surface area contributed by atoms with Crippen molar-refractivity contribution in [1.29, 1.82) is 0 Å². The van der Waals surface area contributed by atoms with Crippen LogP contribution in [0.3, 0.4) is 0 Å². The Morgan fingerprint density at radius 2 is 1.59 bits per heavy atom. The SMILES string of the molecule is Cc1ccc(-n2cc(S(=O)(=O)Oc3ccc(-n4cnnn4)cc3)cn2)cc1. The van der Waals surface area contributed by atoms with Crippen LogP contribution in [0, 0.1) is 6.92 Å². The van der Waals surface area contributed by atoms with E-state index in [0.717, 1.165) is 11.3 Å². The summed E-state index contributed by atoms with van der Waals surface area (Å²) in [7, 11) is -4.01. The third kappa shape index (κ3) is 3.55. The van der Waals surface area contributed by atoms with E-state index in [1.807, 2.05) is 31.2 Å². The molecule has 0 amide bonds. The molecular formula is C17H14N6O3S. The zero-order valence-corrected chi connectivity index (χ0v) is 15.0. The Balaban J connectivity index is 1.54. The van der Waals surface area contributed by atoms with Gasteiger partial charge >= 0.3 is 10.1 Å². The topological polar surface area (TPSA) is 105 Å². The van der Waals surface area contributed by atoms with Crippen LogP contribution in [0.15, 0.2) is 72.1 Å². The van der Waals surface area contributed by atoms with Crippen molar-refractivity contribution >= 4 is 10.1 Å². The van der Waals surface area contributed by atoms with Gasteiger partial charge in [-0.25, -0.2) is 9.36 Å². The molecule has 0 aliphatic rings. The molecule has 0 unspecified atom stereocenters. The van der Waals surface area contributed by atoms with Gasteiger partial charge in [-0.3, -0.25) is 0 Å². The fourth-order valence-electron chi connectivity index (χ4n) is 2.38. The van der Waals surface area contributed by atoms with E-state index in [1.54, 1.807) is 12.1 Å². The van der Waals surface area contributed by atoms with Gasteiger partial charge in [-0.05, 0) is 53.7 Å². The molecule has 0 N–H and O–H groups in total. The van der Waals surface area contributed by atoms with Crippen molar-refractivity contribution in [3.63, 3.8) is 0 Å². The minimum absolute atomic E-state index is 0.0346. The smallest absolute Gasteiger partial charge is 0.342 e. The number of nitrogens with zero attached hydrogens (tertiary/aromatic N) is 6. The molecule has 0 saturated carbocycles. The predicted octanol–water partition coefficient (Wildman–Crippen LogP) is 1.92. The summed E-state index contributed by atoms with van der Waals surface area (Å²) in [6, 6.07) is 13.9. The standard InChI is InChI=1S/C17H14N6O3S/c1-13-2-4-14(5-3-13)22-11-17(10-19-22)27(24,25)26-16-8-6-15(7-9-16)23-12-18-20-21-23/h2-12H,1H3. The van der Waals surface area contributed by atoms with Crippen LogP contribution in [0.5, 0.6) is 5.75 Å². The molecule has 0 spiro atoms. The summed E-state index contributed by atoms with van der Waals surface area (Å²) in [4.78, 5) is -0.0346. The Bertz CT molecular complexity index is 1150. The molecule has 10 heteroatoms. The molecule has 0 radical (unpaired) electrons. The van der Waals surface area contributed by atoms with Crippen molar-refractivity contribution in [2.75, 3.05) is 0 Å². The summed E-state index contributed by atoms with van der Waals surface area (Å²) >= 11 is 0. The normalized spacial score (nSPS) is 11.4. The minimum atomic E-state index is -4.01. The first kappa shape index (κ1) is 16.9. The first-order chi connectivity index (χ1) is 13.0. The minimum Gasteiger partial charge on any atom is -0.379 e. The third-order valence-electron chi connectivity index (χ3n) is 3.80. The van der Waals surface area contributed by atoms with Crippen molar-refractivity contribution in [1.82, 2.24) is 30.0 Å². The monoisotopic (exact) mass is 382 g/mol. The second-order valence-electron chi connectivity index (χ2n) is 5.74. The van der Waals surface area contributed by atoms with Gasteiger partial charge in [0.05, 0.1) is 23.8 Å². The molecule has 0 saturated heterocycles. The number of hydrogen-bond acceptors (Lipinski definition) is 7. The van der Waals surface area contributed by atoms with Crippen LogP contribution in [0.1, 0.15) is 5.56 Å². The predicted molar refractivity (Wildman–Crippen MR) is 95.3 cm³/mol. The summed E-state index contributed by atoms with van der Waals surface area (Å²) in [6.07, 6.45) is 4.10. The molecular weight excluding hydrogens is 368 g/mol. The average molecular weight is 382 g/mol. The van der Waals surface area contributed by atoms with Crippen LogP contribution in [0.25, 0.3) is 11.4 Å². The van der Waals surface area contributed by atoms with Gasteiger partial charge in [0.25, 0.3) is 0 Å². The Kier molecular flexibility index (Phi) is 4.16. The lowest BCUT2D eigenvalue weighted by molar-refractivity contribution is 0.486. The van der Waals surface area contributed by atoms with E-state index in [2.05, 4.69) is 20.6 Å². The van der Waals surface area contributed by atoms with Crippen molar-refractivity contribution in [3.05, 3.63) is 72.8 Å². The Labute approximate surface area is 155 Å². The molecule has 0 atom stereocenters. The molecule has 9 nitrogen and oxygen atoms in total. The second kappa shape index (κ2) is 6.65. The molecule has 0 aliphatic carbocycles. The second-order valence-corrected chi connectivity index (χ2v) is 7.29. The highest BCUT2D eigenvalue weighted by Crippen LogP contribution is 2.21. The largest absolute Gasteiger partial charge is 0.379 e. The van der Waals surface area contributed by atoms with Gasteiger partial charge in [-0.2, -0.15) is 13.5 Å². The number of hydrogen-bond donors (Lipinski definition) is 0. The summed E-state index contributed by atoms with van der Waals surface area (Å²) in [5, 5.41) is 15.0. The number of aromatic nitrogens is 6. The van der Waals surface area contributed by atoms with Crippen molar-refractivity contribution < 1.29 is 12.6 Å². The maximum atomic E-state index is 12.5. The molecule has 4 rings (SSSR count). The number of tetrazole rings is 1. The molecule has 2 heterocycles. The fourth-order valence-corrected chi connectivity index (χ4v) is 3.25. The van der Waals surface area contributed by atoms with E-state index in [9.17, 15) is 8.42 Å². The Morgan fingerprint density at radius 1 is 0.926 bits per heavy atom. The summed E-state index contributed by atoms with van der Waals surface area (Å²) in [5.41, 5.74) is 2.54. The van der Waals surface area contributed by atoms with E-state index in [0.29, 0.717) is 5.69 Å². The Hall–Kier alpha value is -3.53. The van der Waals surface area contributed by atoms with Gasteiger partial charge in [0, 0.05) is 0 Å².